The second kappa shape index (κ2) is 38.4. The van der Waals surface area contributed by atoms with Crippen molar-refractivity contribution in [1.82, 2.24) is 5.32 Å². The lowest BCUT2D eigenvalue weighted by Gasteiger charge is -2.40. The van der Waals surface area contributed by atoms with Crippen LogP contribution in [-0.2, 0) is 14.3 Å². The Hall–Kier alpha value is -1.85. The van der Waals surface area contributed by atoms with E-state index in [1.54, 1.807) is 6.08 Å². The molecule has 6 N–H and O–H groups in total. The van der Waals surface area contributed by atoms with Gasteiger partial charge in [-0.05, 0) is 57.8 Å². The summed E-state index contributed by atoms with van der Waals surface area (Å²) in [6, 6.07) is -0.811. The Morgan fingerprint density at radius 2 is 1.04 bits per heavy atom. The summed E-state index contributed by atoms with van der Waals surface area (Å²) in [7, 11) is 0. The normalized spacial score (nSPS) is 21.4. The van der Waals surface area contributed by atoms with Gasteiger partial charge in [-0.1, -0.05) is 178 Å². The molecule has 1 aliphatic heterocycles. The molecule has 332 valence electrons. The van der Waals surface area contributed by atoms with Crippen molar-refractivity contribution in [3.63, 3.8) is 0 Å². The van der Waals surface area contributed by atoms with Gasteiger partial charge in [0.2, 0.25) is 5.91 Å². The van der Waals surface area contributed by atoms with E-state index in [-0.39, 0.29) is 12.5 Å². The fourth-order valence-corrected chi connectivity index (χ4v) is 7.10. The first-order chi connectivity index (χ1) is 27.8. The second-order valence-electron chi connectivity index (χ2n) is 16.2. The molecule has 1 heterocycles. The van der Waals surface area contributed by atoms with Crippen molar-refractivity contribution in [1.29, 1.82) is 0 Å². The number of aliphatic hydroxyl groups is 5. The van der Waals surface area contributed by atoms with Gasteiger partial charge in [0.1, 0.15) is 24.4 Å². The van der Waals surface area contributed by atoms with Gasteiger partial charge in [-0.15, -0.1) is 0 Å². The Morgan fingerprint density at radius 3 is 1.53 bits per heavy atom. The first-order valence-electron chi connectivity index (χ1n) is 23.4. The Morgan fingerprint density at radius 1 is 0.596 bits per heavy atom. The predicted octanol–water partition coefficient (Wildman–Crippen LogP) is 9.84. The molecule has 1 amide bonds. The molecule has 0 aliphatic carbocycles. The Kier molecular flexibility index (Phi) is 35.8. The van der Waals surface area contributed by atoms with Crippen molar-refractivity contribution in [2.45, 2.75) is 236 Å². The molecule has 1 aliphatic rings. The standard InChI is InChI=1S/C48H87NO8/c1-3-5-7-9-11-13-15-17-18-19-20-21-22-23-24-26-28-30-32-34-36-38-44(52)49-41(40-56-48-47(55)46(54)45(53)43(39-50)57-48)42(51)37-35-33-31-29-27-25-16-14-12-10-8-6-4-2/h15,17,19-20,22-23,35,37,41-43,45-48,50-51,53-55H,3-14,16,18,21,24-34,36,38-40H2,1-2H3,(H,49,52)/b17-15-,20-19-,23-22-,37-35+. The highest BCUT2D eigenvalue weighted by Crippen LogP contribution is 2.22. The van der Waals surface area contributed by atoms with Crippen molar-refractivity contribution in [2.75, 3.05) is 13.2 Å². The zero-order valence-electron chi connectivity index (χ0n) is 36.3. The zero-order chi connectivity index (χ0) is 41.6. The third kappa shape index (κ3) is 29.1. The summed E-state index contributed by atoms with van der Waals surface area (Å²) in [6.45, 7) is 3.74. The lowest BCUT2D eigenvalue weighted by Crippen LogP contribution is -2.60. The molecule has 1 fully saturated rings. The molecule has 0 spiro atoms. The number of rotatable bonds is 38. The molecule has 7 atom stereocenters. The third-order valence-electron chi connectivity index (χ3n) is 10.9. The molecule has 0 bridgehead atoms. The van der Waals surface area contributed by atoms with Crippen LogP contribution in [0.15, 0.2) is 48.6 Å². The monoisotopic (exact) mass is 806 g/mol. The van der Waals surface area contributed by atoms with Crippen LogP contribution in [-0.4, -0.2) is 87.5 Å². The number of nitrogens with one attached hydrogen (secondary N) is 1. The minimum atomic E-state index is -1.57. The van der Waals surface area contributed by atoms with Crippen molar-refractivity contribution >= 4 is 5.91 Å². The number of hydrogen-bond donors (Lipinski definition) is 6. The molecule has 0 aromatic heterocycles. The molecule has 0 aromatic carbocycles. The number of hydrogen-bond acceptors (Lipinski definition) is 8. The molecule has 9 heteroatoms. The first kappa shape index (κ1) is 53.2. The van der Waals surface area contributed by atoms with E-state index in [2.05, 4.69) is 55.6 Å². The van der Waals surface area contributed by atoms with E-state index < -0.39 is 49.5 Å². The Labute approximate surface area is 348 Å². The van der Waals surface area contributed by atoms with Gasteiger partial charge in [-0.3, -0.25) is 4.79 Å². The molecule has 1 rings (SSSR count). The smallest absolute Gasteiger partial charge is 0.220 e. The van der Waals surface area contributed by atoms with E-state index in [1.807, 2.05) is 6.08 Å². The van der Waals surface area contributed by atoms with Crippen LogP contribution in [0.1, 0.15) is 194 Å². The highest BCUT2D eigenvalue weighted by atomic mass is 16.7. The summed E-state index contributed by atoms with van der Waals surface area (Å²) in [5.74, 6) is -0.191. The van der Waals surface area contributed by atoms with Gasteiger partial charge in [0.15, 0.2) is 6.29 Å². The fourth-order valence-electron chi connectivity index (χ4n) is 7.10. The van der Waals surface area contributed by atoms with Gasteiger partial charge in [0, 0.05) is 6.42 Å². The molecular weight excluding hydrogens is 719 g/mol. The molecule has 7 unspecified atom stereocenters. The number of unbranched alkanes of at least 4 members (excludes halogenated alkanes) is 22. The molecule has 9 nitrogen and oxygen atoms in total. The van der Waals surface area contributed by atoms with Gasteiger partial charge >= 0.3 is 0 Å². The van der Waals surface area contributed by atoms with E-state index >= 15 is 0 Å². The van der Waals surface area contributed by atoms with E-state index in [4.69, 9.17) is 9.47 Å². The molecule has 0 aromatic rings. The average Bonchev–Trinajstić information content (AvgIpc) is 3.21. The van der Waals surface area contributed by atoms with E-state index in [0.717, 1.165) is 64.2 Å². The lowest BCUT2D eigenvalue weighted by atomic mass is 9.99. The van der Waals surface area contributed by atoms with Crippen LogP contribution < -0.4 is 5.32 Å². The van der Waals surface area contributed by atoms with Crippen LogP contribution in [0.3, 0.4) is 0 Å². The third-order valence-corrected chi connectivity index (χ3v) is 10.9. The molecule has 0 saturated carbocycles. The van der Waals surface area contributed by atoms with Gasteiger partial charge in [0.25, 0.3) is 0 Å². The number of aliphatic hydroxyl groups excluding tert-OH is 5. The summed E-state index contributed by atoms with van der Waals surface area (Å²) in [6.07, 6.45) is 41.5. The van der Waals surface area contributed by atoms with E-state index in [0.29, 0.717) is 6.42 Å². The Bertz CT molecular complexity index is 1030. The highest BCUT2D eigenvalue weighted by Gasteiger charge is 2.44. The number of carbonyl (C=O) groups is 1. The Balaban J connectivity index is 2.35. The average molecular weight is 806 g/mol. The molecule has 1 saturated heterocycles. The van der Waals surface area contributed by atoms with Crippen molar-refractivity contribution in [3.8, 4) is 0 Å². The van der Waals surface area contributed by atoms with Crippen LogP contribution in [0.4, 0.5) is 0 Å². The van der Waals surface area contributed by atoms with Gasteiger partial charge in [0.05, 0.1) is 25.4 Å². The number of carbonyl (C=O) groups excluding carboxylic acids is 1. The maximum atomic E-state index is 13.0. The second-order valence-corrected chi connectivity index (χ2v) is 16.2. The largest absolute Gasteiger partial charge is 0.394 e. The van der Waals surface area contributed by atoms with Crippen LogP contribution in [0.5, 0.6) is 0 Å². The van der Waals surface area contributed by atoms with Gasteiger partial charge in [-0.25, -0.2) is 0 Å². The summed E-state index contributed by atoms with van der Waals surface area (Å²) >= 11 is 0. The minimum absolute atomic E-state index is 0.191. The quantitative estimate of drug-likeness (QED) is 0.0267. The van der Waals surface area contributed by atoms with Crippen LogP contribution >= 0.6 is 0 Å². The predicted molar refractivity (Wildman–Crippen MR) is 235 cm³/mol. The summed E-state index contributed by atoms with van der Waals surface area (Å²) in [5, 5.41) is 54.2. The lowest BCUT2D eigenvalue weighted by molar-refractivity contribution is -0.302. The first-order valence-corrected chi connectivity index (χ1v) is 23.4. The SMILES string of the molecule is CCCCCCC/C=C\C/C=C\C/C=C\CCCCCCCCC(=O)NC(COC1OC(CO)C(O)C(O)C1O)C(O)/C=C/CCCCCCCCCCCCC. The highest BCUT2D eigenvalue weighted by molar-refractivity contribution is 5.76. The maximum absolute atomic E-state index is 13.0. The van der Waals surface area contributed by atoms with Crippen LogP contribution in [0.2, 0.25) is 0 Å². The van der Waals surface area contributed by atoms with E-state index in [9.17, 15) is 30.3 Å². The molecule has 0 radical (unpaired) electrons. The molecular formula is C48H87NO8. The van der Waals surface area contributed by atoms with Crippen molar-refractivity contribution in [3.05, 3.63) is 48.6 Å². The molecule has 57 heavy (non-hydrogen) atoms. The number of amides is 1. The maximum Gasteiger partial charge on any atom is 0.220 e. The topological polar surface area (TPSA) is 149 Å². The summed E-state index contributed by atoms with van der Waals surface area (Å²) in [4.78, 5) is 13.0. The zero-order valence-corrected chi connectivity index (χ0v) is 36.3. The minimum Gasteiger partial charge on any atom is -0.394 e. The summed E-state index contributed by atoms with van der Waals surface area (Å²) < 4.78 is 11.2. The van der Waals surface area contributed by atoms with Crippen molar-refractivity contribution in [2.24, 2.45) is 0 Å². The van der Waals surface area contributed by atoms with Gasteiger partial charge in [-0.2, -0.15) is 0 Å². The number of ether oxygens (including phenoxy) is 2. The van der Waals surface area contributed by atoms with Crippen LogP contribution in [0.25, 0.3) is 0 Å². The van der Waals surface area contributed by atoms with E-state index in [1.165, 1.54) is 109 Å². The fraction of sp³-hybridized carbons (Fsp3) is 0.812. The van der Waals surface area contributed by atoms with Crippen molar-refractivity contribution < 1.29 is 39.8 Å². The summed E-state index contributed by atoms with van der Waals surface area (Å²) in [5.41, 5.74) is 0. The number of allylic oxidation sites excluding steroid dienone is 7. The van der Waals surface area contributed by atoms with Gasteiger partial charge < -0.3 is 40.3 Å². The van der Waals surface area contributed by atoms with Crippen LogP contribution in [0, 0.1) is 0 Å².